The zero-order chi connectivity index (χ0) is 13.4. The highest BCUT2D eigenvalue weighted by Gasteiger charge is 2.11. The largest absolute Gasteiger partial charge is 0.382 e. The maximum atomic E-state index is 6.11. The van der Waals surface area contributed by atoms with Crippen LogP contribution < -0.4 is 11.1 Å². The number of nitrogens with one attached hydrogen (secondary N) is 1. The van der Waals surface area contributed by atoms with Crippen molar-refractivity contribution in [2.45, 2.75) is 0 Å². The van der Waals surface area contributed by atoms with E-state index in [1.165, 1.54) is 0 Å². The van der Waals surface area contributed by atoms with Crippen molar-refractivity contribution in [3.63, 3.8) is 0 Å². The van der Waals surface area contributed by atoms with Gasteiger partial charge in [-0.3, -0.25) is 0 Å². The lowest BCUT2D eigenvalue weighted by Crippen LogP contribution is -2.02. The van der Waals surface area contributed by atoms with Gasteiger partial charge in [-0.1, -0.05) is 29.3 Å². The summed E-state index contributed by atoms with van der Waals surface area (Å²) in [6, 6.07) is 5.25. The molecule has 0 unspecified atom stereocenters. The first kappa shape index (κ1) is 12.1. The molecule has 0 fully saturated rings. The fourth-order valence-corrected chi connectivity index (χ4v) is 2.26. The zero-order valence-corrected chi connectivity index (χ0v) is 11.2. The summed E-state index contributed by atoms with van der Waals surface area (Å²) in [5.41, 5.74) is 6.97. The van der Waals surface area contributed by atoms with Crippen molar-refractivity contribution in [3.8, 4) is 0 Å². The Kier molecular flexibility index (Phi) is 2.93. The van der Waals surface area contributed by atoms with Crippen LogP contribution in [0.5, 0.6) is 0 Å². The summed E-state index contributed by atoms with van der Waals surface area (Å²) in [4.78, 5) is 8.43. The standard InChI is InChI=1S/C12H9Cl2N5/c13-7-2-1-3-8(14)10(7)18-11-12-16-4-5-19(12)6-9(15)17-11/h1-6H,15H2,(H,17,18). The van der Waals surface area contributed by atoms with Crippen LogP contribution >= 0.6 is 23.2 Å². The van der Waals surface area contributed by atoms with Crippen LogP contribution in [0.2, 0.25) is 10.0 Å². The predicted octanol–water partition coefficient (Wildman–Crippen LogP) is 3.36. The topological polar surface area (TPSA) is 68.2 Å². The van der Waals surface area contributed by atoms with Gasteiger partial charge in [0.05, 0.1) is 21.9 Å². The number of nitrogens with zero attached hydrogens (tertiary/aromatic N) is 3. The molecule has 2 aromatic heterocycles. The van der Waals surface area contributed by atoms with Gasteiger partial charge in [0, 0.05) is 12.4 Å². The minimum Gasteiger partial charge on any atom is -0.382 e. The average molecular weight is 294 g/mol. The van der Waals surface area contributed by atoms with E-state index < -0.39 is 0 Å². The van der Waals surface area contributed by atoms with Gasteiger partial charge in [0.1, 0.15) is 5.82 Å². The Balaban J connectivity index is 2.13. The molecule has 96 valence electrons. The second-order valence-electron chi connectivity index (χ2n) is 3.89. The third-order valence-electron chi connectivity index (χ3n) is 2.60. The average Bonchev–Trinajstić information content (AvgIpc) is 2.81. The number of aromatic nitrogens is 3. The molecule has 7 heteroatoms. The molecule has 0 amide bonds. The molecule has 0 atom stereocenters. The number of fused-ring (bicyclic) bond motifs is 1. The molecule has 3 N–H and O–H groups in total. The zero-order valence-electron chi connectivity index (χ0n) is 9.64. The number of anilines is 3. The summed E-state index contributed by atoms with van der Waals surface area (Å²) in [6.45, 7) is 0. The summed E-state index contributed by atoms with van der Waals surface area (Å²) in [7, 11) is 0. The Hall–Kier alpha value is -1.98. The van der Waals surface area contributed by atoms with E-state index in [-0.39, 0.29) is 0 Å². The second-order valence-corrected chi connectivity index (χ2v) is 4.71. The second kappa shape index (κ2) is 4.60. The fraction of sp³-hybridized carbons (Fsp3) is 0. The number of hydrogen-bond donors (Lipinski definition) is 2. The van der Waals surface area contributed by atoms with E-state index in [0.29, 0.717) is 33.0 Å². The van der Waals surface area contributed by atoms with Crippen LogP contribution in [-0.2, 0) is 0 Å². The lowest BCUT2D eigenvalue weighted by Gasteiger charge is -2.10. The molecule has 1 aromatic carbocycles. The first-order chi connectivity index (χ1) is 9.15. The number of nitrogen functional groups attached to an aromatic ring is 1. The number of benzene rings is 1. The van der Waals surface area contributed by atoms with Crippen LogP contribution in [0.1, 0.15) is 0 Å². The fourth-order valence-electron chi connectivity index (χ4n) is 1.77. The lowest BCUT2D eigenvalue weighted by atomic mass is 10.3. The van der Waals surface area contributed by atoms with Crippen molar-refractivity contribution in [2.24, 2.45) is 0 Å². The molecule has 0 bridgehead atoms. The highest BCUT2D eigenvalue weighted by Crippen LogP contribution is 2.33. The molecule has 0 radical (unpaired) electrons. The molecule has 3 rings (SSSR count). The lowest BCUT2D eigenvalue weighted by molar-refractivity contribution is 1.14. The van der Waals surface area contributed by atoms with E-state index >= 15 is 0 Å². The molecule has 2 heterocycles. The van der Waals surface area contributed by atoms with Crippen molar-refractivity contribution < 1.29 is 0 Å². The Labute approximate surface area is 119 Å². The number of imidazole rings is 1. The van der Waals surface area contributed by atoms with Crippen LogP contribution in [-0.4, -0.2) is 14.4 Å². The third-order valence-corrected chi connectivity index (χ3v) is 3.23. The molecular formula is C12H9Cl2N5. The van der Waals surface area contributed by atoms with Gasteiger partial charge in [-0.2, -0.15) is 0 Å². The highest BCUT2D eigenvalue weighted by molar-refractivity contribution is 6.39. The van der Waals surface area contributed by atoms with Gasteiger partial charge in [0.2, 0.25) is 0 Å². The molecule has 0 saturated carbocycles. The molecular weight excluding hydrogens is 285 g/mol. The van der Waals surface area contributed by atoms with E-state index in [2.05, 4.69) is 15.3 Å². The summed E-state index contributed by atoms with van der Waals surface area (Å²) < 4.78 is 1.77. The Morgan fingerprint density at radius 3 is 2.68 bits per heavy atom. The third kappa shape index (κ3) is 2.18. The monoisotopic (exact) mass is 293 g/mol. The van der Waals surface area contributed by atoms with Gasteiger partial charge in [0.25, 0.3) is 0 Å². The minimum absolute atomic E-state index is 0.371. The molecule has 5 nitrogen and oxygen atoms in total. The maximum Gasteiger partial charge on any atom is 0.180 e. The van der Waals surface area contributed by atoms with Gasteiger partial charge in [0.15, 0.2) is 11.5 Å². The predicted molar refractivity (Wildman–Crippen MR) is 77.1 cm³/mol. The molecule has 0 aliphatic rings. The number of nitrogens with two attached hydrogens (primary N) is 1. The SMILES string of the molecule is Nc1cn2ccnc2c(Nc2c(Cl)cccc2Cl)n1. The molecule has 19 heavy (non-hydrogen) atoms. The molecule has 0 spiro atoms. The maximum absolute atomic E-state index is 6.11. The Bertz CT molecular complexity index is 733. The summed E-state index contributed by atoms with van der Waals surface area (Å²) in [5, 5.41) is 4.07. The number of rotatable bonds is 2. The van der Waals surface area contributed by atoms with Crippen LogP contribution in [0, 0.1) is 0 Å². The van der Waals surface area contributed by atoms with Gasteiger partial charge < -0.3 is 15.5 Å². The minimum atomic E-state index is 0.371. The molecule has 0 aliphatic carbocycles. The Morgan fingerprint density at radius 1 is 1.21 bits per heavy atom. The first-order valence-electron chi connectivity index (χ1n) is 5.45. The van der Waals surface area contributed by atoms with E-state index in [0.717, 1.165) is 0 Å². The van der Waals surface area contributed by atoms with E-state index in [1.54, 1.807) is 41.2 Å². The normalized spacial score (nSPS) is 10.8. The van der Waals surface area contributed by atoms with Crippen molar-refractivity contribution in [2.75, 3.05) is 11.1 Å². The number of halogens is 2. The molecule has 0 saturated heterocycles. The highest BCUT2D eigenvalue weighted by atomic mass is 35.5. The summed E-state index contributed by atoms with van der Waals surface area (Å²) >= 11 is 12.2. The van der Waals surface area contributed by atoms with Crippen molar-refractivity contribution >= 4 is 46.2 Å². The van der Waals surface area contributed by atoms with Gasteiger partial charge in [-0.05, 0) is 12.1 Å². The van der Waals surface area contributed by atoms with Crippen LogP contribution in [0.15, 0.2) is 36.8 Å². The van der Waals surface area contributed by atoms with E-state index in [4.69, 9.17) is 28.9 Å². The molecule has 0 aliphatic heterocycles. The summed E-state index contributed by atoms with van der Waals surface area (Å²) in [6.07, 6.45) is 5.13. The van der Waals surface area contributed by atoms with E-state index in [1.807, 2.05) is 0 Å². The van der Waals surface area contributed by atoms with Gasteiger partial charge >= 0.3 is 0 Å². The quantitative estimate of drug-likeness (QED) is 0.760. The van der Waals surface area contributed by atoms with Crippen molar-refractivity contribution in [3.05, 3.63) is 46.8 Å². The van der Waals surface area contributed by atoms with Gasteiger partial charge in [-0.25, -0.2) is 9.97 Å². The molecule has 3 aromatic rings. The van der Waals surface area contributed by atoms with Crippen molar-refractivity contribution in [1.29, 1.82) is 0 Å². The van der Waals surface area contributed by atoms with Crippen molar-refractivity contribution in [1.82, 2.24) is 14.4 Å². The van der Waals surface area contributed by atoms with E-state index in [9.17, 15) is 0 Å². The van der Waals surface area contributed by atoms with Crippen LogP contribution in [0.25, 0.3) is 5.65 Å². The van der Waals surface area contributed by atoms with Gasteiger partial charge in [-0.15, -0.1) is 0 Å². The number of hydrogen-bond acceptors (Lipinski definition) is 4. The smallest absolute Gasteiger partial charge is 0.180 e. The first-order valence-corrected chi connectivity index (χ1v) is 6.21. The van der Waals surface area contributed by atoms with Crippen LogP contribution in [0.3, 0.4) is 0 Å². The van der Waals surface area contributed by atoms with Crippen LogP contribution in [0.4, 0.5) is 17.3 Å². The number of para-hydroxylation sites is 1. The Morgan fingerprint density at radius 2 is 1.95 bits per heavy atom. The summed E-state index contributed by atoms with van der Waals surface area (Å²) in [5.74, 6) is 0.871.